The van der Waals surface area contributed by atoms with Gasteiger partial charge in [-0.15, -0.1) is 0 Å². The Balaban J connectivity index is 1.28. The minimum atomic E-state index is -0.238. The summed E-state index contributed by atoms with van der Waals surface area (Å²) in [4.78, 5) is 35.5. The van der Waals surface area contributed by atoms with Crippen LogP contribution in [0.25, 0.3) is 21.9 Å². The second kappa shape index (κ2) is 9.13. The Hall–Kier alpha value is -3.75. The average molecular weight is 473 g/mol. The van der Waals surface area contributed by atoms with Crippen molar-refractivity contribution in [1.29, 1.82) is 0 Å². The van der Waals surface area contributed by atoms with Crippen LogP contribution in [-0.4, -0.2) is 36.7 Å². The van der Waals surface area contributed by atoms with Gasteiger partial charge in [-0.3, -0.25) is 14.2 Å². The van der Waals surface area contributed by atoms with Crippen LogP contribution in [0.3, 0.4) is 0 Å². The Morgan fingerprint density at radius 2 is 2.09 bits per heavy atom. The van der Waals surface area contributed by atoms with Crippen LogP contribution >= 0.6 is 0 Å². The van der Waals surface area contributed by atoms with Gasteiger partial charge in [0.2, 0.25) is 11.8 Å². The van der Waals surface area contributed by atoms with E-state index in [1.165, 1.54) is 29.3 Å². The van der Waals surface area contributed by atoms with Gasteiger partial charge < -0.3 is 14.4 Å². The van der Waals surface area contributed by atoms with Crippen LogP contribution in [-0.2, 0) is 17.9 Å². The Kier molecular flexibility index (Phi) is 5.67. The van der Waals surface area contributed by atoms with E-state index < -0.39 is 0 Å². The minimum Gasteiger partial charge on any atom is -0.354 e. The maximum absolute atomic E-state index is 13.6. The summed E-state index contributed by atoms with van der Waals surface area (Å²) in [6.07, 6.45) is 11.6. The lowest BCUT2D eigenvalue weighted by Crippen LogP contribution is -2.30. The number of hydrogen-bond acceptors (Lipinski definition) is 6. The van der Waals surface area contributed by atoms with E-state index in [0.29, 0.717) is 35.2 Å². The number of hydrogen-bond donors (Lipinski definition) is 1. The highest BCUT2D eigenvalue weighted by Crippen LogP contribution is 2.38. The third kappa shape index (κ3) is 4.38. The summed E-state index contributed by atoms with van der Waals surface area (Å²) >= 11 is 0. The summed E-state index contributed by atoms with van der Waals surface area (Å²) in [6, 6.07) is 7.66. The number of rotatable bonds is 8. The predicted molar refractivity (Wildman–Crippen MR) is 131 cm³/mol. The van der Waals surface area contributed by atoms with Crippen molar-refractivity contribution in [3.63, 3.8) is 0 Å². The Bertz CT molecular complexity index is 1490. The second-order valence-corrected chi connectivity index (χ2v) is 9.51. The summed E-state index contributed by atoms with van der Waals surface area (Å²) in [5.74, 6) is 1.34. The monoisotopic (exact) mass is 472 g/mol. The highest BCUT2D eigenvalue weighted by molar-refractivity contribution is 6.06. The molecule has 2 aliphatic rings. The molecule has 1 aromatic carbocycles. The van der Waals surface area contributed by atoms with E-state index in [4.69, 9.17) is 4.52 Å². The van der Waals surface area contributed by atoms with Gasteiger partial charge in [0.15, 0.2) is 5.82 Å². The molecule has 0 unspecified atom stereocenters. The molecule has 0 bridgehead atoms. The highest BCUT2D eigenvalue weighted by Gasteiger charge is 2.29. The van der Waals surface area contributed by atoms with E-state index >= 15 is 0 Å². The molecule has 9 nitrogen and oxygen atoms in total. The number of carbonyl (C=O) groups is 1. The molecule has 3 heterocycles. The summed E-state index contributed by atoms with van der Waals surface area (Å²) < 4.78 is 8.60. The molecule has 6 rings (SSSR count). The van der Waals surface area contributed by atoms with Crippen molar-refractivity contribution in [2.45, 2.75) is 64.0 Å². The fraction of sp³-hybridized carbons (Fsp3) is 0.423. The van der Waals surface area contributed by atoms with E-state index in [9.17, 15) is 9.59 Å². The number of benzene rings is 1. The third-order valence-electron chi connectivity index (χ3n) is 6.92. The molecule has 4 aromatic rings. The first-order valence-corrected chi connectivity index (χ1v) is 12.4. The van der Waals surface area contributed by atoms with Crippen LogP contribution in [0.5, 0.6) is 0 Å². The van der Waals surface area contributed by atoms with Gasteiger partial charge in [0.1, 0.15) is 24.1 Å². The van der Waals surface area contributed by atoms with Gasteiger partial charge in [0.05, 0.1) is 11.8 Å². The zero-order valence-corrected chi connectivity index (χ0v) is 19.6. The quantitative estimate of drug-likeness (QED) is 0.392. The molecule has 0 radical (unpaired) electrons. The normalized spacial score (nSPS) is 16.1. The SMILES string of the molecule is O=C(Cn1c2ccccc2c2ncn(Cc3nc(C4CC4)no3)c(=O)c21)NCCC1=CCCCC1. The zero-order chi connectivity index (χ0) is 23.8. The molecular weight excluding hydrogens is 444 g/mol. The predicted octanol–water partition coefficient (Wildman–Crippen LogP) is 3.67. The molecule has 0 saturated heterocycles. The third-order valence-corrected chi connectivity index (χ3v) is 6.92. The number of para-hydroxylation sites is 1. The molecule has 0 spiro atoms. The maximum atomic E-state index is 13.6. The van der Waals surface area contributed by atoms with Crippen LogP contribution < -0.4 is 10.9 Å². The number of aromatic nitrogens is 5. The average Bonchev–Trinajstić information content (AvgIpc) is 3.54. The number of allylic oxidation sites excluding steroid dienone is 1. The number of carbonyl (C=O) groups excluding carboxylic acids is 1. The van der Waals surface area contributed by atoms with Crippen LogP contribution in [0.15, 0.2) is 51.6 Å². The number of fused-ring (bicyclic) bond motifs is 3. The Morgan fingerprint density at radius 1 is 1.20 bits per heavy atom. The Labute approximate surface area is 201 Å². The molecule has 180 valence electrons. The fourth-order valence-electron chi connectivity index (χ4n) is 4.90. The summed E-state index contributed by atoms with van der Waals surface area (Å²) in [5, 5.41) is 7.91. The smallest absolute Gasteiger partial charge is 0.278 e. The number of nitrogens with zero attached hydrogens (tertiary/aromatic N) is 5. The van der Waals surface area contributed by atoms with Crippen molar-refractivity contribution in [1.82, 2.24) is 29.6 Å². The lowest BCUT2D eigenvalue weighted by molar-refractivity contribution is -0.121. The summed E-state index contributed by atoms with van der Waals surface area (Å²) in [5.41, 5.74) is 2.99. The first-order valence-electron chi connectivity index (χ1n) is 12.4. The van der Waals surface area contributed by atoms with Gasteiger partial charge in [0.25, 0.3) is 5.56 Å². The molecule has 3 aromatic heterocycles. The summed E-state index contributed by atoms with van der Waals surface area (Å²) in [7, 11) is 0. The molecule has 0 aliphatic heterocycles. The highest BCUT2D eigenvalue weighted by atomic mass is 16.5. The lowest BCUT2D eigenvalue weighted by atomic mass is 9.97. The topological polar surface area (TPSA) is 108 Å². The van der Waals surface area contributed by atoms with Crippen molar-refractivity contribution in [3.8, 4) is 0 Å². The van der Waals surface area contributed by atoms with Gasteiger partial charge in [-0.2, -0.15) is 4.98 Å². The fourth-order valence-corrected chi connectivity index (χ4v) is 4.90. The van der Waals surface area contributed by atoms with Crippen molar-refractivity contribution >= 4 is 27.8 Å². The van der Waals surface area contributed by atoms with Gasteiger partial charge in [0, 0.05) is 17.8 Å². The van der Waals surface area contributed by atoms with E-state index in [1.807, 2.05) is 24.3 Å². The van der Waals surface area contributed by atoms with E-state index in [1.54, 1.807) is 4.57 Å². The van der Waals surface area contributed by atoms with Crippen LogP contribution in [0.2, 0.25) is 0 Å². The largest absolute Gasteiger partial charge is 0.354 e. The number of nitrogens with one attached hydrogen (secondary N) is 1. The van der Waals surface area contributed by atoms with Crippen molar-refractivity contribution < 1.29 is 9.32 Å². The molecule has 35 heavy (non-hydrogen) atoms. The van der Waals surface area contributed by atoms with Gasteiger partial charge >= 0.3 is 0 Å². The Morgan fingerprint density at radius 3 is 2.91 bits per heavy atom. The number of amides is 1. The standard InChI is InChI=1S/C26H28N6O3/c33-21(27-13-12-17-6-2-1-3-7-17)14-32-20-9-5-4-8-19(20)23-24(32)26(34)31(16-28-23)15-22-29-25(30-35-22)18-10-11-18/h4-6,8-9,16,18H,1-3,7,10-15H2,(H,27,33). The molecule has 1 amide bonds. The molecule has 1 saturated carbocycles. The van der Waals surface area contributed by atoms with E-state index in [0.717, 1.165) is 43.0 Å². The molecular formula is C26H28N6O3. The van der Waals surface area contributed by atoms with Crippen LogP contribution in [0, 0.1) is 0 Å². The molecule has 1 fully saturated rings. The van der Waals surface area contributed by atoms with Crippen LogP contribution in [0.4, 0.5) is 0 Å². The van der Waals surface area contributed by atoms with Crippen molar-refractivity contribution in [2.24, 2.45) is 0 Å². The first kappa shape index (κ1) is 21.8. The molecule has 2 aliphatic carbocycles. The first-order chi connectivity index (χ1) is 17.2. The molecule has 1 N–H and O–H groups in total. The zero-order valence-electron chi connectivity index (χ0n) is 19.6. The second-order valence-electron chi connectivity index (χ2n) is 9.51. The van der Waals surface area contributed by atoms with Crippen LogP contribution in [0.1, 0.15) is 62.6 Å². The van der Waals surface area contributed by atoms with Crippen molar-refractivity contribution in [2.75, 3.05) is 6.54 Å². The lowest BCUT2D eigenvalue weighted by Gasteiger charge is -2.13. The van der Waals surface area contributed by atoms with E-state index in [-0.39, 0.29) is 24.6 Å². The van der Waals surface area contributed by atoms with Crippen molar-refractivity contribution in [3.05, 3.63) is 64.3 Å². The minimum absolute atomic E-state index is 0.0520. The van der Waals surface area contributed by atoms with Gasteiger partial charge in [-0.25, -0.2) is 4.98 Å². The summed E-state index contributed by atoms with van der Waals surface area (Å²) in [6.45, 7) is 0.797. The van der Waals surface area contributed by atoms with Gasteiger partial charge in [-0.1, -0.05) is 35.0 Å². The molecule has 0 atom stereocenters. The van der Waals surface area contributed by atoms with E-state index in [2.05, 4.69) is 26.5 Å². The maximum Gasteiger partial charge on any atom is 0.278 e. The molecule has 9 heteroatoms. The van der Waals surface area contributed by atoms with Gasteiger partial charge in [-0.05, 0) is 51.0 Å².